The molecular weight excluding hydrogens is 205 g/mol. The van der Waals surface area contributed by atoms with Gasteiger partial charge in [-0.15, -0.1) is 11.3 Å². The SMILES string of the molecule is O=C(O)c1ncc(-c2ccccc2)s1.[LiH]. The van der Waals surface area contributed by atoms with Crippen molar-refractivity contribution in [1.29, 1.82) is 0 Å². The van der Waals surface area contributed by atoms with Gasteiger partial charge in [-0.3, -0.25) is 0 Å². The molecule has 15 heavy (non-hydrogen) atoms. The van der Waals surface area contributed by atoms with Gasteiger partial charge in [0.05, 0.1) is 4.88 Å². The average molecular weight is 213 g/mol. The van der Waals surface area contributed by atoms with Crippen LogP contribution in [0, 0.1) is 0 Å². The Balaban J connectivity index is 0.00000112. The Bertz CT molecular complexity index is 455. The first-order valence-corrected chi connectivity index (χ1v) is 4.83. The summed E-state index contributed by atoms with van der Waals surface area (Å²) in [5.74, 6) is -0.975. The van der Waals surface area contributed by atoms with Crippen molar-refractivity contribution in [3.63, 3.8) is 0 Å². The quantitative estimate of drug-likeness (QED) is 0.774. The maximum atomic E-state index is 10.6. The van der Waals surface area contributed by atoms with E-state index < -0.39 is 5.97 Å². The van der Waals surface area contributed by atoms with Crippen LogP contribution in [0.15, 0.2) is 36.5 Å². The second-order valence-corrected chi connectivity index (χ2v) is 3.73. The number of aromatic nitrogens is 1. The van der Waals surface area contributed by atoms with Crippen molar-refractivity contribution in [2.45, 2.75) is 0 Å². The third-order valence-corrected chi connectivity index (χ3v) is 2.78. The van der Waals surface area contributed by atoms with Crippen LogP contribution < -0.4 is 0 Å². The van der Waals surface area contributed by atoms with Crippen LogP contribution in [-0.4, -0.2) is 34.9 Å². The molecule has 0 aliphatic heterocycles. The topological polar surface area (TPSA) is 50.2 Å². The molecule has 0 spiro atoms. The number of benzene rings is 1. The molecule has 0 atom stereocenters. The van der Waals surface area contributed by atoms with Gasteiger partial charge in [0, 0.05) is 6.20 Å². The molecular formula is C10H8LiNO2S. The summed E-state index contributed by atoms with van der Waals surface area (Å²) in [6.45, 7) is 0. The molecule has 0 bridgehead atoms. The number of rotatable bonds is 2. The van der Waals surface area contributed by atoms with Crippen molar-refractivity contribution in [2.24, 2.45) is 0 Å². The molecule has 72 valence electrons. The van der Waals surface area contributed by atoms with E-state index in [0.29, 0.717) is 0 Å². The van der Waals surface area contributed by atoms with Crippen LogP contribution in [0.1, 0.15) is 9.80 Å². The van der Waals surface area contributed by atoms with Crippen LogP contribution in [0.3, 0.4) is 0 Å². The molecule has 5 heteroatoms. The molecule has 0 saturated heterocycles. The van der Waals surface area contributed by atoms with E-state index >= 15 is 0 Å². The first-order chi connectivity index (χ1) is 6.77. The Morgan fingerprint density at radius 1 is 1.27 bits per heavy atom. The van der Waals surface area contributed by atoms with Crippen LogP contribution in [0.2, 0.25) is 0 Å². The molecule has 1 heterocycles. The van der Waals surface area contributed by atoms with Crippen LogP contribution in [-0.2, 0) is 0 Å². The van der Waals surface area contributed by atoms with Crippen molar-refractivity contribution in [3.8, 4) is 10.4 Å². The van der Waals surface area contributed by atoms with Crippen LogP contribution in [0.4, 0.5) is 0 Å². The van der Waals surface area contributed by atoms with Gasteiger partial charge in [0.25, 0.3) is 0 Å². The molecule has 1 aromatic heterocycles. The standard InChI is InChI=1S/C10H7NO2S.Li.H/c12-10(13)9-11-6-8(14-9)7-4-2-1-3-5-7;;/h1-6H,(H,12,13);;. The van der Waals surface area contributed by atoms with E-state index in [9.17, 15) is 4.79 Å². The summed E-state index contributed by atoms with van der Waals surface area (Å²) in [6, 6.07) is 9.60. The number of carbonyl (C=O) groups is 1. The van der Waals surface area contributed by atoms with Gasteiger partial charge in [-0.1, -0.05) is 30.3 Å². The fourth-order valence-electron chi connectivity index (χ4n) is 1.11. The van der Waals surface area contributed by atoms with E-state index in [-0.39, 0.29) is 23.9 Å². The Kier molecular flexibility index (Phi) is 4.10. The van der Waals surface area contributed by atoms with Crippen molar-refractivity contribution in [1.82, 2.24) is 4.98 Å². The Hall–Kier alpha value is -1.08. The molecule has 0 aliphatic carbocycles. The monoisotopic (exact) mass is 213 g/mol. The summed E-state index contributed by atoms with van der Waals surface area (Å²) in [6.07, 6.45) is 1.59. The molecule has 0 unspecified atom stereocenters. The van der Waals surface area contributed by atoms with Gasteiger partial charge < -0.3 is 5.11 Å². The van der Waals surface area contributed by atoms with Crippen molar-refractivity contribution in [2.75, 3.05) is 0 Å². The van der Waals surface area contributed by atoms with Crippen molar-refractivity contribution < 1.29 is 9.90 Å². The normalized spacial score (nSPS) is 9.33. The molecule has 0 fully saturated rings. The van der Waals surface area contributed by atoms with Gasteiger partial charge >= 0.3 is 24.8 Å². The summed E-state index contributed by atoms with van der Waals surface area (Å²) in [7, 11) is 0. The second kappa shape index (κ2) is 5.13. The zero-order chi connectivity index (χ0) is 9.97. The molecule has 0 saturated carbocycles. The van der Waals surface area contributed by atoms with Gasteiger partial charge in [-0.25, -0.2) is 9.78 Å². The minimum absolute atomic E-state index is 0. The second-order valence-electron chi connectivity index (χ2n) is 2.70. The zero-order valence-corrected chi connectivity index (χ0v) is 7.99. The number of hydrogen-bond acceptors (Lipinski definition) is 3. The summed E-state index contributed by atoms with van der Waals surface area (Å²) < 4.78 is 0. The number of carboxylic acid groups (broad SMARTS) is 1. The molecule has 2 aromatic rings. The van der Waals surface area contributed by atoms with E-state index in [2.05, 4.69) is 4.98 Å². The number of carboxylic acids is 1. The summed E-state index contributed by atoms with van der Waals surface area (Å²) >= 11 is 1.18. The van der Waals surface area contributed by atoms with Gasteiger partial charge in [0.1, 0.15) is 0 Å². The average Bonchev–Trinajstić information content (AvgIpc) is 2.68. The summed E-state index contributed by atoms with van der Waals surface area (Å²) in [4.78, 5) is 15.3. The van der Waals surface area contributed by atoms with Crippen molar-refractivity contribution in [3.05, 3.63) is 41.5 Å². The van der Waals surface area contributed by atoms with E-state index in [1.807, 2.05) is 30.3 Å². The minimum atomic E-state index is -0.975. The van der Waals surface area contributed by atoms with Gasteiger partial charge in [0.15, 0.2) is 0 Å². The number of nitrogens with zero attached hydrogens (tertiary/aromatic N) is 1. The predicted octanol–water partition coefficient (Wildman–Crippen LogP) is 1.86. The number of aromatic carboxylic acids is 1. The third-order valence-electron chi connectivity index (χ3n) is 1.75. The first kappa shape index (κ1) is 12.0. The van der Waals surface area contributed by atoms with Gasteiger partial charge in [-0.2, -0.15) is 0 Å². The van der Waals surface area contributed by atoms with Crippen LogP contribution in [0.25, 0.3) is 10.4 Å². The van der Waals surface area contributed by atoms with E-state index in [0.717, 1.165) is 10.4 Å². The van der Waals surface area contributed by atoms with E-state index in [1.165, 1.54) is 11.3 Å². The number of hydrogen-bond donors (Lipinski definition) is 1. The van der Waals surface area contributed by atoms with Crippen molar-refractivity contribution >= 4 is 36.2 Å². The van der Waals surface area contributed by atoms with E-state index in [1.54, 1.807) is 6.20 Å². The molecule has 1 aromatic carbocycles. The summed E-state index contributed by atoms with van der Waals surface area (Å²) in [5, 5.41) is 8.82. The fourth-order valence-corrected chi connectivity index (χ4v) is 1.87. The summed E-state index contributed by atoms with van der Waals surface area (Å²) in [5.41, 5.74) is 0.998. The third kappa shape index (κ3) is 2.69. The molecule has 3 nitrogen and oxygen atoms in total. The molecule has 1 N–H and O–H groups in total. The van der Waals surface area contributed by atoms with Gasteiger partial charge in [-0.05, 0) is 5.56 Å². The fraction of sp³-hybridized carbons (Fsp3) is 0. The molecule has 2 rings (SSSR count). The van der Waals surface area contributed by atoms with Crippen LogP contribution in [0.5, 0.6) is 0 Å². The molecule has 0 radical (unpaired) electrons. The molecule has 0 aliphatic rings. The predicted molar refractivity (Wildman–Crippen MR) is 61.7 cm³/mol. The number of thiazole rings is 1. The molecule has 0 amide bonds. The Labute approximate surface area is 103 Å². The maximum absolute atomic E-state index is 10.6. The van der Waals surface area contributed by atoms with Gasteiger partial charge in [0.2, 0.25) is 5.01 Å². The Morgan fingerprint density at radius 3 is 2.47 bits per heavy atom. The first-order valence-electron chi connectivity index (χ1n) is 4.02. The van der Waals surface area contributed by atoms with E-state index in [4.69, 9.17) is 5.11 Å². The zero-order valence-electron chi connectivity index (χ0n) is 7.18. The Morgan fingerprint density at radius 2 is 1.93 bits per heavy atom. The van der Waals surface area contributed by atoms with Crippen LogP contribution >= 0.6 is 11.3 Å².